The van der Waals surface area contributed by atoms with Crippen molar-refractivity contribution in [2.24, 2.45) is 0 Å². The molecule has 70 valence electrons. The van der Waals surface area contributed by atoms with Gasteiger partial charge in [-0.3, -0.25) is 0 Å². The zero-order chi connectivity index (χ0) is 9.23. The summed E-state index contributed by atoms with van der Waals surface area (Å²) in [5.41, 5.74) is 0. The topological polar surface area (TPSA) is 41.1 Å². The van der Waals surface area contributed by atoms with Gasteiger partial charge < -0.3 is 10.3 Å². The lowest BCUT2D eigenvalue weighted by atomic mass is 10.3. The molecule has 0 atom stereocenters. The summed E-state index contributed by atoms with van der Waals surface area (Å²) in [5, 5.41) is 2.80. The minimum atomic E-state index is -0.0183. The van der Waals surface area contributed by atoms with Crippen molar-refractivity contribution in [2.45, 2.75) is 39.2 Å². The zero-order valence-corrected chi connectivity index (χ0v) is 8.94. The Balaban J connectivity index is 3.10. The molecular formula is C8H18N2OSi. The van der Waals surface area contributed by atoms with E-state index in [0.717, 1.165) is 31.9 Å². The number of urea groups is 1. The molecular weight excluding hydrogens is 168 g/mol. The summed E-state index contributed by atoms with van der Waals surface area (Å²) >= 11 is 0. The Bertz CT molecular complexity index is 108. The molecule has 12 heavy (non-hydrogen) atoms. The van der Waals surface area contributed by atoms with Crippen molar-refractivity contribution in [2.75, 3.05) is 6.54 Å². The van der Waals surface area contributed by atoms with E-state index in [0.29, 0.717) is 9.68 Å². The summed E-state index contributed by atoms with van der Waals surface area (Å²) in [6.45, 7) is 5.01. The van der Waals surface area contributed by atoms with Crippen LogP contribution in [-0.2, 0) is 0 Å². The number of carbonyl (C=O) groups excluding carboxylic acids is 1. The molecule has 0 aromatic rings. The molecule has 2 radical (unpaired) electrons. The van der Waals surface area contributed by atoms with E-state index in [2.05, 4.69) is 24.1 Å². The van der Waals surface area contributed by atoms with E-state index in [1.54, 1.807) is 0 Å². The second-order valence-corrected chi connectivity index (χ2v) is 3.76. The largest absolute Gasteiger partial charge is 0.365 e. The molecule has 0 aromatic heterocycles. The molecule has 0 spiro atoms. The molecule has 4 heteroatoms. The van der Waals surface area contributed by atoms with Crippen LogP contribution in [0.15, 0.2) is 0 Å². The SMILES string of the molecule is CCCCNC(=O)N[Si]CCC. The van der Waals surface area contributed by atoms with Crippen molar-refractivity contribution in [1.29, 1.82) is 0 Å². The van der Waals surface area contributed by atoms with Crippen LogP contribution in [0.5, 0.6) is 0 Å². The van der Waals surface area contributed by atoms with Gasteiger partial charge in [0.25, 0.3) is 0 Å². The van der Waals surface area contributed by atoms with E-state index in [1.165, 1.54) is 0 Å². The minimum Gasteiger partial charge on any atom is -0.365 e. The molecule has 2 amide bonds. The van der Waals surface area contributed by atoms with Crippen LogP contribution in [0, 0.1) is 0 Å². The first-order chi connectivity index (χ1) is 5.81. The zero-order valence-electron chi connectivity index (χ0n) is 7.94. The second kappa shape index (κ2) is 8.58. The minimum absolute atomic E-state index is 0.0183. The summed E-state index contributed by atoms with van der Waals surface area (Å²) < 4.78 is 0. The third-order valence-corrected chi connectivity index (χ3v) is 2.55. The third-order valence-electron chi connectivity index (χ3n) is 1.39. The van der Waals surface area contributed by atoms with Gasteiger partial charge >= 0.3 is 6.03 Å². The molecule has 0 aliphatic carbocycles. The molecule has 3 nitrogen and oxygen atoms in total. The van der Waals surface area contributed by atoms with E-state index in [-0.39, 0.29) is 6.03 Å². The first kappa shape index (κ1) is 11.5. The summed E-state index contributed by atoms with van der Waals surface area (Å²) in [5.74, 6) is 0. The number of nitrogens with one attached hydrogen (secondary N) is 2. The van der Waals surface area contributed by atoms with Crippen LogP contribution in [0.2, 0.25) is 6.04 Å². The Labute approximate surface area is 77.2 Å². The highest BCUT2D eigenvalue weighted by Crippen LogP contribution is 1.83. The second-order valence-electron chi connectivity index (χ2n) is 2.66. The molecule has 2 N–H and O–H groups in total. The summed E-state index contributed by atoms with van der Waals surface area (Å²) in [6, 6.07) is 1.07. The molecule has 0 aliphatic heterocycles. The van der Waals surface area contributed by atoms with Crippen molar-refractivity contribution < 1.29 is 4.79 Å². The molecule has 0 unspecified atom stereocenters. The highest BCUT2D eigenvalue weighted by atomic mass is 28.2. The van der Waals surface area contributed by atoms with Crippen LogP contribution < -0.4 is 10.3 Å². The highest BCUT2D eigenvalue weighted by molar-refractivity contribution is 6.36. The summed E-state index contributed by atoms with van der Waals surface area (Å²) in [7, 11) is 0.562. The summed E-state index contributed by atoms with van der Waals surface area (Å²) in [6.07, 6.45) is 3.31. The van der Waals surface area contributed by atoms with Gasteiger partial charge in [-0.1, -0.05) is 26.7 Å². The predicted molar refractivity (Wildman–Crippen MR) is 52.3 cm³/mol. The molecule has 0 aliphatic rings. The van der Waals surface area contributed by atoms with E-state index >= 15 is 0 Å². The van der Waals surface area contributed by atoms with Crippen LogP contribution in [0.4, 0.5) is 4.79 Å². The molecule has 0 saturated heterocycles. The maximum absolute atomic E-state index is 11.0. The molecule has 0 heterocycles. The number of hydrogen-bond donors (Lipinski definition) is 2. The molecule has 0 bridgehead atoms. The number of carbonyl (C=O) groups is 1. The number of hydrogen-bond acceptors (Lipinski definition) is 1. The summed E-state index contributed by atoms with van der Waals surface area (Å²) in [4.78, 5) is 13.8. The van der Waals surface area contributed by atoms with Crippen LogP contribution in [0.1, 0.15) is 33.1 Å². The highest BCUT2D eigenvalue weighted by Gasteiger charge is 1.96. The van der Waals surface area contributed by atoms with E-state index < -0.39 is 0 Å². The van der Waals surface area contributed by atoms with Gasteiger partial charge in [0, 0.05) is 6.54 Å². The lowest BCUT2D eigenvalue weighted by molar-refractivity contribution is 0.245. The Morgan fingerprint density at radius 3 is 2.67 bits per heavy atom. The maximum atomic E-state index is 11.0. The fourth-order valence-corrected chi connectivity index (χ4v) is 1.31. The van der Waals surface area contributed by atoms with Crippen LogP contribution in [0.3, 0.4) is 0 Å². The van der Waals surface area contributed by atoms with Crippen LogP contribution in [-0.4, -0.2) is 22.3 Å². The third kappa shape index (κ3) is 7.59. The molecule has 0 saturated carbocycles. The van der Waals surface area contributed by atoms with Crippen molar-refractivity contribution in [3.05, 3.63) is 0 Å². The van der Waals surface area contributed by atoms with Crippen molar-refractivity contribution >= 4 is 15.7 Å². The first-order valence-corrected chi connectivity index (χ1v) is 5.78. The van der Waals surface area contributed by atoms with Gasteiger partial charge in [-0.15, -0.1) is 0 Å². The molecule has 0 aromatic carbocycles. The van der Waals surface area contributed by atoms with Crippen LogP contribution in [0.25, 0.3) is 0 Å². The lowest BCUT2D eigenvalue weighted by Crippen LogP contribution is -2.37. The van der Waals surface area contributed by atoms with Gasteiger partial charge in [-0.25, -0.2) is 4.79 Å². The van der Waals surface area contributed by atoms with Gasteiger partial charge in [-0.05, 0) is 12.5 Å². The lowest BCUT2D eigenvalue weighted by Gasteiger charge is -2.04. The van der Waals surface area contributed by atoms with Crippen molar-refractivity contribution in [3.8, 4) is 0 Å². The predicted octanol–water partition coefficient (Wildman–Crippen LogP) is 1.53. The Morgan fingerprint density at radius 1 is 1.33 bits per heavy atom. The average molecular weight is 186 g/mol. The quantitative estimate of drug-likeness (QED) is 0.479. The van der Waals surface area contributed by atoms with Gasteiger partial charge in [0.1, 0.15) is 0 Å². The normalized spacial score (nSPS) is 9.50. The Morgan fingerprint density at radius 2 is 2.08 bits per heavy atom. The van der Waals surface area contributed by atoms with Gasteiger partial charge in [-0.2, -0.15) is 0 Å². The van der Waals surface area contributed by atoms with Crippen molar-refractivity contribution in [3.63, 3.8) is 0 Å². The monoisotopic (exact) mass is 186 g/mol. The smallest absolute Gasteiger partial charge is 0.306 e. The maximum Gasteiger partial charge on any atom is 0.306 e. The molecule has 0 rings (SSSR count). The van der Waals surface area contributed by atoms with E-state index in [4.69, 9.17) is 0 Å². The van der Waals surface area contributed by atoms with Gasteiger partial charge in [0.15, 0.2) is 9.68 Å². The van der Waals surface area contributed by atoms with Gasteiger partial charge in [0.2, 0.25) is 0 Å². The molecule has 0 fully saturated rings. The first-order valence-electron chi connectivity index (χ1n) is 4.58. The average Bonchev–Trinajstić information content (AvgIpc) is 2.06. The van der Waals surface area contributed by atoms with E-state index in [1.807, 2.05) is 0 Å². The van der Waals surface area contributed by atoms with E-state index in [9.17, 15) is 4.79 Å². The van der Waals surface area contributed by atoms with Gasteiger partial charge in [0.05, 0.1) is 0 Å². The van der Waals surface area contributed by atoms with Crippen molar-refractivity contribution in [1.82, 2.24) is 10.3 Å². The fraction of sp³-hybridized carbons (Fsp3) is 0.875. The number of unbranched alkanes of at least 4 members (excludes halogenated alkanes) is 1. The van der Waals surface area contributed by atoms with Crippen LogP contribution >= 0.6 is 0 Å². The Kier molecular flexibility index (Phi) is 8.22. The number of amides is 2. The Hall–Kier alpha value is -0.513. The fourth-order valence-electron chi connectivity index (χ4n) is 0.691. The standard InChI is InChI=1S/C8H18N2OSi/c1-3-5-6-9-8(11)10-12-7-4-2/h3-7H2,1-2H3,(H2,9,10,11). The number of rotatable bonds is 6.